The summed E-state index contributed by atoms with van der Waals surface area (Å²) in [5.41, 5.74) is 0. The molecule has 0 spiro atoms. The molecule has 0 saturated heterocycles. The van der Waals surface area contributed by atoms with Crippen molar-refractivity contribution in [2.45, 2.75) is 96.4 Å². The molecule has 0 aliphatic heterocycles. The lowest BCUT2D eigenvalue weighted by Gasteiger charge is -2.26. The Morgan fingerprint density at radius 1 is 0.950 bits per heavy atom. The molecule has 0 radical (unpaired) electrons. The highest BCUT2D eigenvalue weighted by atomic mass is 14.9. The van der Waals surface area contributed by atoms with Crippen molar-refractivity contribution < 1.29 is 0 Å². The van der Waals surface area contributed by atoms with Crippen LogP contribution < -0.4 is 5.32 Å². The predicted octanol–water partition coefficient (Wildman–Crippen LogP) is 5.54. The van der Waals surface area contributed by atoms with Crippen LogP contribution in [-0.2, 0) is 0 Å². The summed E-state index contributed by atoms with van der Waals surface area (Å²) < 4.78 is 0. The van der Waals surface area contributed by atoms with Crippen LogP contribution in [0.4, 0.5) is 0 Å². The van der Waals surface area contributed by atoms with Crippen LogP contribution in [0, 0.1) is 17.8 Å². The summed E-state index contributed by atoms with van der Waals surface area (Å²) >= 11 is 0. The summed E-state index contributed by atoms with van der Waals surface area (Å²) in [5, 5.41) is 3.60. The fraction of sp³-hybridized carbons (Fsp3) is 1.00. The molecule has 0 aromatic carbocycles. The lowest BCUT2D eigenvalue weighted by molar-refractivity contribution is 0.274. The van der Waals surface area contributed by atoms with Crippen molar-refractivity contribution in [1.82, 2.24) is 5.32 Å². The molecular weight excluding hydrogens is 242 g/mol. The third-order valence-electron chi connectivity index (χ3n) is 6.04. The lowest BCUT2D eigenvalue weighted by Crippen LogP contribution is -2.29. The Balaban J connectivity index is 1.52. The van der Waals surface area contributed by atoms with Gasteiger partial charge in [-0.1, -0.05) is 58.3 Å². The molecule has 2 aliphatic rings. The summed E-state index contributed by atoms with van der Waals surface area (Å²) in [7, 11) is 2.18. The standard InChI is InChI=1S/C19H37N/c1-3-4-5-6-7-8-9-10-19(20-2)15-18-14-16-11-12-17(18)13-16/h16-20H,3-15H2,1-2H3. The second-order valence-corrected chi connectivity index (χ2v) is 7.57. The van der Waals surface area contributed by atoms with E-state index in [1.54, 1.807) is 25.7 Å². The van der Waals surface area contributed by atoms with Crippen molar-refractivity contribution in [2.24, 2.45) is 17.8 Å². The number of hydrogen-bond acceptors (Lipinski definition) is 1. The van der Waals surface area contributed by atoms with Gasteiger partial charge in [-0.2, -0.15) is 0 Å². The highest BCUT2D eigenvalue weighted by Crippen LogP contribution is 2.50. The zero-order chi connectivity index (χ0) is 14.2. The molecule has 2 rings (SSSR count). The van der Waals surface area contributed by atoms with E-state index in [2.05, 4.69) is 19.3 Å². The van der Waals surface area contributed by atoms with E-state index in [1.807, 2.05) is 0 Å². The second kappa shape index (κ2) is 9.07. The van der Waals surface area contributed by atoms with E-state index in [0.717, 1.165) is 23.8 Å². The molecule has 4 unspecified atom stereocenters. The number of fused-ring (bicyclic) bond motifs is 2. The minimum atomic E-state index is 0.801. The topological polar surface area (TPSA) is 12.0 Å². The van der Waals surface area contributed by atoms with Gasteiger partial charge in [-0.25, -0.2) is 0 Å². The largest absolute Gasteiger partial charge is 0.317 e. The maximum Gasteiger partial charge on any atom is 0.00668 e. The third-order valence-corrected chi connectivity index (χ3v) is 6.04. The zero-order valence-electron chi connectivity index (χ0n) is 14.0. The van der Waals surface area contributed by atoms with Crippen molar-refractivity contribution >= 4 is 0 Å². The molecule has 0 amide bonds. The van der Waals surface area contributed by atoms with Gasteiger partial charge in [-0.3, -0.25) is 0 Å². The number of rotatable bonds is 11. The Hall–Kier alpha value is -0.0400. The summed E-state index contributed by atoms with van der Waals surface area (Å²) in [6, 6.07) is 0.801. The van der Waals surface area contributed by atoms with Gasteiger partial charge in [-0.05, 0) is 56.9 Å². The minimum Gasteiger partial charge on any atom is -0.317 e. The van der Waals surface area contributed by atoms with Crippen LogP contribution in [-0.4, -0.2) is 13.1 Å². The van der Waals surface area contributed by atoms with Gasteiger partial charge in [0.1, 0.15) is 0 Å². The molecule has 118 valence electrons. The lowest BCUT2D eigenvalue weighted by atomic mass is 9.83. The normalized spacial score (nSPS) is 30.0. The first-order valence-electron chi connectivity index (χ1n) is 9.50. The number of nitrogens with one attached hydrogen (secondary N) is 1. The van der Waals surface area contributed by atoms with Crippen LogP contribution in [0.2, 0.25) is 0 Å². The summed E-state index contributed by atoms with van der Waals surface area (Å²) in [6.45, 7) is 2.30. The van der Waals surface area contributed by atoms with Crippen LogP contribution in [0.15, 0.2) is 0 Å². The van der Waals surface area contributed by atoms with E-state index in [1.165, 1.54) is 57.8 Å². The van der Waals surface area contributed by atoms with E-state index >= 15 is 0 Å². The molecule has 0 aromatic rings. The molecule has 1 heteroatoms. The quantitative estimate of drug-likeness (QED) is 0.489. The summed E-state index contributed by atoms with van der Waals surface area (Å²) in [4.78, 5) is 0. The summed E-state index contributed by atoms with van der Waals surface area (Å²) in [6.07, 6.45) is 19.2. The van der Waals surface area contributed by atoms with Gasteiger partial charge in [0.15, 0.2) is 0 Å². The van der Waals surface area contributed by atoms with Gasteiger partial charge in [-0.15, -0.1) is 0 Å². The van der Waals surface area contributed by atoms with Gasteiger partial charge < -0.3 is 5.32 Å². The monoisotopic (exact) mass is 279 g/mol. The van der Waals surface area contributed by atoms with Crippen molar-refractivity contribution in [2.75, 3.05) is 7.05 Å². The number of hydrogen-bond donors (Lipinski definition) is 1. The minimum absolute atomic E-state index is 0.801. The first-order valence-corrected chi connectivity index (χ1v) is 9.50. The molecule has 2 saturated carbocycles. The van der Waals surface area contributed by atoms with E-state index in [9.17, 15) is 0 Å². The predicted molar refractivity (Wildman–Crippen MR) is 89.0 cm³/mol. The summed E-state index contributed by atoms with van der Waals surface area (Å²) in [5.74, 6) is 3.28. The first-order chi connectivity index (χ1) is 9.83. The van der Waals surface area contributed by atoms with Crippen LogP contribution in [0.3, 0.4) is 0 Å². The van der Waals surface area contributed by atoms with Crippen LogP contribution >= 0.6 is 0 Å². The average Bonchev–Trinajstić information content (AvgIpc) is 3.07. The molecule has 2 fully saturated rings. The van der Waals surface area contributed by atoms with Gasteiger partial charge in [0.2, 0.25) is 0 Å². The SMILES string of the molecule is CCCCCCCCCC(CC1CC2CCC1C2)NC. The first kappa shape index (κ1) is 16.3. The Morgan fingerprint density at radius 3 is 2.30 bits per heavy atom. The van der Waals surface area contributed by atoms with E-state index < -0.39 is 0 Å². The van der Waals surface area contributed by atoms with E-state index in [-0.39, 0.29) is 0 Å². The zero-order valence-corrected chi connectivity index (χ0v) is 14.0. The van der Waals surface area contributed by atoms with Crippen molar-refractivity contribution in [3.05, 3.63) is 0 Å². The van der Waals surface area contributed by atoms with Crippen LogP contribution in [0.25, 0.3) is 0 Å². The highest BCUT2D eigenvalue weighted by molar-refractivity contribution is 4.91. The Labute approximate surface area is 127 Å². The molecule has 2 aliphatic carbocycles. The Kier molecular flexibility index (Phi) is 7.41. The van der Waals surface area contributed by atoms with E-state index in [4.69, 9.17) is 0 Å². The van der Waals surface area contributed by atoms with Crippen molar-refractivity contribution in [3.8, 4) is 0 Å². The maximum atomic E-state index is 3.60. The van der Waals surface area contributed by atoms with Crippen LogP contribution in [0.1, 0.15) is 90.4 Å². The van der Waals surface area contributed by atoms with Gasteiger partial charge in [0.05, 0.1) is 0 Å². The fourth-order valence-electron chi connectivity index (χ4n) is 4.76. The molecule has 0 aromatic heterocycles. The third kappa shape index (κ3) is 5.06. The smallest absolute Gasteiger partial charge is 0.00668 e. The average molecular weight is 280 g/mol. The van der Waals surface area contributed by atoms with Gasteiger partial charge in [0.25, 0.3) is 0 Å². The molecule has 1 N–H and O–H groups in total. The molecule has 0 heterocycles. The molecule has 4 atom stereocenters. The maximum absolute atomic E-state index is 3.60. The molecule has 1 nitrogen and oxygen atoms in total. The molecule has 20 heavy (non-hydrogen) atoms. The molecule has 2 bridgehead atoms. The highest BCUT2D eigenvalue weighted by Gasteiger charge is 2.39. The Morgan fingerprint density at radius 2 is 1.70 bits per heavy atom. The van der Waals surface area contributed by atoms with Gasteiger partial charge in [0, 0.05) is 6.04 Å². The van der Waals surface area contributed by atoms with Crippen molar-refractivity contribution in [1.29, 1.82) is 0 Å². The fourth-order valence-corrected chi connectivity index (χ4v) is 4.76. The second-order valence-electron chi connectivity index (χ2n) is 7.57. The van der Waals surface area contributed by atoms with Crippen molar-refractivity contribution in [3.63, 3.8) is 0 Å². The molecular formula is C19H37N. The van der Waals surface area contributed by atoms with Gasteiger partial charge >= 0.3 is 0 Å². The van der Waals surface area contributed by atoms with E-state index in [0.29, 0.717) is 0 Å². The number of unbranched alkanes of at least 4 members (excludes halogenated alkanes) is 6. The Bertz CT molecular complexity index is 250. The van der Waals surface area contributed by atoms with Crippen LogP contribution in [0.5, 0.6) is 0 Å².